The molecular formula is C29H32ClN5O4. The average Bonchev–Trinajstić information content (AvgIpc) is 3.51. The number of nitrogens with zero attached hydrogens (tertiary/aromatic N) is 4. The van der Waals surface area contributed by atoms with Gasteiger partial charge in [0.05, 0.1) is 13.7 Å². The van der Waals surface area contributed by atoms with Crippen molar-refractivity contribution in [3.05, 3.63) is 71.4 Å². The Kier molecular flexibility index (Phi) is 7.52. The molecule has 9 nitrogen and oxygen atoms in total. The highest BCUT2D eigenvalue weighted by Crippen LogP contribution is 2.35. The minimum Gasteiger partial charge on any atom is -0.497 e. The van der Waals surface area contributed by atoms with E-state index in [-0.39, 0.29) is 12.1 Å². The molecule has 0 aliphatic carbocycles. The Labute approximate surface area is 232 Å². The van der Waals surface area contributed by atoms with E-state index in [2.05, 4.69) is 10.3 Å². The number of rotatable bonds is 7. The summed E-state index contributed by atoms with van der Waals surface area (Å²) in [6.45, 7) is 7.22. The van der Waals surface area contributed by atoms with Crippen molar-refractivity contribution in [2.75, 3.05) is 25.5 Å². The van der Waals surface area contributed by atoms with Crippen molar-refractivity contribution in [1.29, 1.82) is 0 Å². The number of hydrogen-bond acceptors (Lipinski definition) is 7. The molecule has 204 valence electrons. The van der Waals surface area contributed by atoms with Crippen LogP contribution < -0.4 is 14.8 Å². The Balaban J connectivity index is 1.45. The van der Waals surface area contributed by atoms with Gasteiger partial charge in [-0.2, -0.15) is 5.10 Å². The van der Waals surface area contributed by atoms with Crippen molar-refractivity contribution in [3.63, 3.8) is 0 Å². The van der Waals surface area contributed by atoms with Gasteiger partial charge in [-0.25, -0.2) is 14.5 Å². The Morgan fingerprint density at radius 2 is 1.79 bits per heavy atom. The van der Waals surface area contributed by atoms with Gasteiger partial charge in [0, 0.05) is 36.4 Å². The molecule has 2 aromatic carbocycles. The molecule has 1 saturated heterocycles. The SMILES string of the molecule is COc1ccc(Cn2nc(NC3CCN(C(=O)OC(C)(C)C)C3)c3c(Oc4ccc(Cl)cc4)ccnc32)cc1. The summed E-state index contributed by atoms with van der Waals surface area (Å²) in [6.07, 6.45) is 2.17. The molecule has 1 amide bonds. The van der Waals surface area contributed by atoms with E-state index in [9.17, 15) is 4.79 Å². The molecule has 1 atom stereocenters. The van der Waals surface area contributed by atoms with Crippen LogP contribution >= 0.6 is 11.6 Å². The van der Waals surface area contributed by atoms with Crippen molar-refractivity contribution in [2.45, 2.75) is 45.4 Å². The largest absolute Gasteiger partial charge is 0.497 e. The fraction of sp³-hybridized carbons (Fsp3) is 0.345. The fourth-order valence-corrected chi connectivity index (χ4v) is 4.59. The van der Waals surface area contributed by atoms with Gasteiger partial charge in [-0.3, -0.25) is 0 Å². The molecule has 1 N–H and O–H groups in total. The van der Waals surface area contributed by atoms with Crippen LogP contribution in [0.15, 0.2) is 60.8 Å². The highest BCUT2D eigenvalue weighted by atomic mass is 35.5. The first kappa shape index (κ1) is 26.6. The maximum atomic E-state index is 12.6. The van der Waals surface area contributed by atoms with Gasteiger partial charge in [-0.15, -0.1) is 0 Å². The number of aromatic nitrogens is 3. The molecule has 0 radical (unpaired) electrons. The highest BCUT2D eigenvalue weighted by Gasteiger charge is 2.31. The number of carbonyl (C=O) groups excluding carboxylic acids is 1. The van der Waals surface area contributed by atoms with Crippen LogP contribution in [0.2, 0.25) is 5.02 Å². The monoisotopic (exact) mass is 549 g/mol. The van der Waals surface area contributed by atoms with Gasteiger partial charge >= 0.3 is 6.09 Å². The van der Waals surface area contributed by atoms with Crippen molar-refractivity contribution in [1.82, 2.24) is 19.7 Å². The van der Waals surface area contributed by atoms with E-state index in [1.807, 2.05) is 67.9 Å². The number of fused-ring (bicyclic) bond motifs is 1. The average molecular weight is 550 g/mol. The second-order valence-electron chi connectivity index (χ2n) is 10.5. The third-order valence-electron chi connectivity index (χ3n) is 6.31. The summed E-state index contributed by atoms with van der Waals surface area (Å²) in [4.78, 5) is 19.0. The third kappa shape index (κ3) is 6.37. The Morgan fingerprint density at radius 3 is 2.49 bits per heavy atom. The molecule has 4 aromatic rings. The van der Waals surface area contributed by atoms with Crippen LogP contribution in [-0.2, 0) is 11.3 Å². The quantitative estimate of drug-likeness (QED) is 0.287. The lowest BCUT2D eigenvalue weighted by atomic mass is 10.2. The molecule has 1 fully saturated rings. The molecule has 1 unspecified atom stereocenters. The van der Waals surface area contributed by atoms with Crippen LogP contribution in [0, 0.1) is 0 Å². The summed E-state index contributed by atoms with van der Waals surface area (Å²) in [6, 6.07) is 16.9. The van der Waals surface area contributed by atoms with E-state index in [1.165, 1.54) is 0 Å². The molecule has 2 aromatic heterocycles. The minimum absolute atomic E-state index is 0.00589. The second-order valence-corrected chi connectivity index (χ2v) is 10.9. The van der Waals surface area contributed by atoms with Crippen molar-refractivity contribution in [2.24, 2.45) is 0 Å². The number of nitrogens with one attached hydrogen (secondary N) is 1. The van der Waals surface area contributed by atoms with Gasteiger partial charge < -0.3 is 24.4 Å². The van der Waals surface area contributed by atoms with E-state index in [0.29, 0.717) is 47.6 Å². The number of methoxy groups -OCH3 is 1. The van der Waals surface area contributed by atoms with Crippen molar-refractivity contribution >= 4 is 34.5 Å². The zero-order valence-electron chi connectivity index (χ0n) is 22.5. The molecule has 1 aliphatic rings. The number of amides is 1. The number of halogens is 1. The number of likely N-dealkylation sites (tertiary alicyclic amines) is 1. The van der Waals surface area contributed by atoms with Crippen molar-refractivity contribution < 1.29 is 19.0 Å². The summed E-state index contributed by atoms with van der Waals surface area (Å²) in [7, 11) is 1.65. The van der Waals surface area contributed by atoms with Gasteiger partial charge in [-0.05, 0) is 69.2 Å². The molecule has 0 bridgehead atoms. The maximum absolute atomic E-state index is 12.6. The van der Waals surface area contributed by atoms with Crippen LogP contribution in [0.25, 0.3) is 11.0 Å². The molecule has 0 spiro atoms. The maximum Gasteiger partial charge on any atom is 0.410 e. The summed E-state index contributed by atoms with van der Waals surface area (Å²) >= 11 is 6.07. The topological polar surface area (TPSA) is 90.7 Å². The predicted molar refractivity (Wildman–Crippen MR) is 151 cm³/mol. The van der Waals surface area contributed by atoms with Crippen molar-refractivity contribution in [3.8, 4) is 17.2 Å². The number of carbonyl (C=O) groups is 1. The zero-order valence-corrected chi connectivity index (χ0v) is 23.2. The molecule has 0 saturated carbocycles. The van der Waals surface area contributed by atoms with Gasteiger partial charge in [-0.1, -0.05) is 23.7 Å². The van der Waals surface area contributed by atoms with Crippen LogP contribution in [0.5, 0.6) is 17.2 Å². The summed E-state index contributed by atoms with van der Waals surface area (Å²) in [5.41, 5.74) is 1.19. The number of hydrogen-bond donors (Lipinski definition) is 1. The highest BCUT2D eigenvalue weighted by molar-refractivity contribution is 6.30. The standard InChI is InChI=1S/C29H32ClN5O4/c1-29(2,3)39-28(36)34-16-14-21(18-34)32-26-25-24(38-23-11-7-20(30)8-12-23)13-15-31-27(25)35(33-26)17-19-5-9-22(37-4)10-6-19/h5-13,15,21H,14,16-18H2,1-4H3,(H,32,33). The lowest BCUT2D eigenvalue weighted by Gasteiger charge is -2.24. The zero-order chi connectivity index (χ0) is 27.6. The summed E-state index contributed by atoms with van der Waals surface area (Å²) in [5.74, 6) is 2.70. The number of ether oxygens (including phenoxy) is 3. The first-order valence-electron chi connectivity index (χ1n) is 12.8. The number of anilines is 1. The van der Waals surface area contributed by atoms with Crippen LogP contribution in [0.4, 0.5) is 10.6 Å². The normalized spacial score (nSPS) is 15.4. The van der Waals surface area contributed by atoms with Crippen LogP contribution in [0.1, 0.15) is 32.8 Å². The lowest BCUT2D eigenvalue weighted by molar-refractivity contribution is 0.0293. The molecule has 5 rings (SSSR count). The van der Waals surface area contributed by atoms with E-state index in [0.717, 1.165) is 23.1 Å². The van der Waals surface area contributed by atoms with Gasteiger partial charge in [0.25, 0.3) is 0 Å². The van der Waals surface area contributed by atoms with E-state index >= 15 is 0 Å². The lowest BCUT2D eigenvalue weighted by Crippen LogP contribution is -2.36. The molecular weight excluding hydrogens is 518 g/mol. The number of benzene rings is 2. The van der Waals surface area contributed by atoms with Gasteiger partial charge in [0.15, 0.2) is 11.5 Å². The molecule has 3 heterocycles. The Hall–Kier alpha value is -3.98. The summed E-state index contributed by atoms with van der Waals surface area (Å²) in [5, 5.41) is 9.85. The van der Waals surface area contributed by atoms with Crippen LogP contribution in [0.3, 0.4) is 0 Å². The first-order valence-corrected chi connectivity index (χ1v) is 13.2. The van der Waals surface area contributed by atoms with Gasteiger partial charge in [0.1, 0.15) is 28.2 Å². The molecule has 39 heavy (non-hydrogen) atoms. The fourth-order valence-electron chi connectivity index (χ4n) is 4.46. The van der Waals surface area contributed by atoms with Gasteiger partial charge in [0.2, 0.25) is 0 Å². The third-order valence-corrected chi connectivity index (χ3v) is 6.56. The predicted octanol–water partition coefficient (Wildman–Crippen LogP) is 6.36. The van der Waals surface area contributed by atoms with E-state index in [4.69, 9.17) is 30.9 Å². The number of pyridine rings is 1. The molecule has 1 aliphatic heterocycles. The smallest absolute Gasteiger partial charge is 0.410 e. The Bertz CT molecular complexity index is 1450. The summed E-state index contributed by atoms with van der Waals surface area (Å²) < 4.78 is 19.0. The molecule has 10 heteroatoms. The Morgan fingerprint density at radius 1 is 1.08 bits per heavy atom. The first-order chi connectivity index (χ1) is 18.7. The van der Waals surface area contributed by atoms with E-state index < -0.39 is 5.60 Å². The van der Waals surface area contributed by atoms with Crippen LogP contribution in [-0.4, -0.2) is 57.6 Å². The van der Waals surface area contributed by atoms with E-state index in [1.54, 1.807) is 30.3 Å². The minimum atomic E-state index is -0.543. The second kappa shape index (κ2) is 11.0.